The van der Waals surface area contributed by atoms with Gasteiger partial charge >= 0.3 is 0 Å². The number of nitrogens with two attached hydrogens (primary N) is 1. The van der Waals surface area contributed by atoms with Crippen LogP contribution >= 0.6 is 12.6 Å². The van der Waals surface area contributed by atoms with Crippen molar-refractivity contribution in [3.63, 3.8) is 0 Å². The molecule has 0 aliphatic heterocycles. The molecule has 1 atom stereocenters. The van der Waals surface area contributed by atoms with Gasteiger partial charge in [0.15, 0.2) is 0 Å². The molecule has 0 fully saturated rings. The molecule has 4 heteroatoms. The molecule has 0 radical (unpaired) electrons. The summed E-state index contributed by atoms with van der Waals surface area (Å²) in [4.78, 5) is 2.31. The second-order valence-corrected chi connectivity index (χ2v) is 5.16. The van der Waals surface area contributed by atoms with E-state index in [2.05, 4.69) is 49.3 Å². The lowest BCUT2D eigenvalue weighted by Gasteiger charge is -2.27. The molecule has 3 N–H and O–H groups in total. The van der Waals surface area contributed by atoms with E-state index in [1.807, 2.05) is 0 Å². The van der Waals surface area contributed by atoms with E-state index in [0.717, 1.165) is 25.4 Å². The Labute approximate surface area is 118 Å². The minimum Gasteiger partial charge on any atom is -0.390 e. The minimum absolute atomic E-state index is 0.0117. The number of nitrogens with one attached hydrogen (secondary N) is 1. The van der Waals surface area contributed by atoms with Gasteiger partial charge in [-0.3, -0.25) is 4.90 Å². The topological polar surface area (TPSA) is 41.3 Å². The summed E-state index contributed by atoms with van der Waals surface area (Å²) in [5.74, 6) is 0.970. The summed E-state index contributed by atoms with van der Waals surface area (Å²) < 4.78 is 0. The molecule has 1 unspecified atom stereocenters. The molecule has 0 amide bonds. The predicted molar refractivity (Wildman–Crippen MR) is 84.9 cm³/mol. The molecule has 3 nitrogen and oxygen atoms in total. The van der Waals surface area contributed by atoms with Crippen LogP contribution in [-0.4, -0.2) is 36.5 Å². The van der Waals surface area contributed by atoms with Crippen molar-refractivity contribution in [1.29, 1.82) is 0 Å². The highest BCUT2D eigenvalue weighted by molar-refractivity contribution is 7.80. The lowest BCUT2D eigenvalue weighted by molar-refractivity contribution is 0.230. The number of nitrogens with zero attached hydrogens (tertiary/aromatic N) is 1. The minimum atomic E-state index is 0.0117. The number of rotatable bonds is 11. The van der Waals surface area contributed by atoms with E-state index in [1.165, 1.54) is 24.8 Å². The lowest BCUT2D eigenvalue weighted by atomic mass is 10.2. The van der Waals surface area contributed by atoms with Crippen LogP contribution in [0.15, 0.2) is 24.4 Å². The standard InChI is InChI=1S/C14H29N3S/c1-4-16-8-10-17(9-6-5-7-11-18)14(15)12-13(2)3/h4,12,14,16,18H,1,5-11,15H2,2-3H3. The number of unbranched alkanes of at least 4 members (excludes halogenated alkanes) is 2. The van der Waals surface area contributed by atoms with E-state index in [0.29, 0.717) is 0 Å². The lowest BCUT2D eigenvalue weighted by Crippen LogP contribution is -2.44. The van der Waals surface area contributed by atoms with Gasteiger partial charge in [-0.2, -0.15) is 12.6 Å². The van der Waals surface area contributed by atoms with Crippen molar-refractivity contribution in [3.05, 3.63) is 24.4 Å². The van der Waals surface area contributed by atoms with E-state index in [1.54, 1.807) is 6.20 Å². The first-order valence-corrected chi connectivity index (χ1v) is 7.35. The molecular formula is C14H29N3S. The first-order chi connectivity index (χ1) is 8.61. The summed E-state index contributed by atoms with van der Waals surface area (Å²) in [5, 5.41) is 3.12. The Morgan fingerprint density at radius 3 is 2.61 bits per heavy atom. The summed E-state index contributed by atoms with van der Waals surface area (Å²) in [6, 6.07) is 0. The van der Waals surface area contributed by atoms with E-state index in [4.69, 9.17) is 5.73 Å². The number of allylic oxidation sites excluding steroid dienone is 1. The van der Waals surface area contributed by atoms with Gasteiger partial charge in [0.25, 0.3) is 0 Å². The Hall–Kier alpha value is -0.450. The van der Waals surface area contributed by atoms with Crippen LogP contribution < -0.4 is 11.1 Å². The fourth-order valence-electron chi connectivity index (χ4n) is 1.77. The Kier molecular flexibility index (Phi) is 11.3. The van der Waals surface area contributed by atoms with Crippen molar-refractivity contribution in [2.24, 2.45) is 5.73 Å². The molecule has 0 aromatic carbocycles. The van der Waals surface area contributed by atoms with Crippen LogP contribution in [0.4, 0.5) is 0 Å². The van der Waals surface area contributed by atoms with Crippen molar-refractivity contribution in [2.45, 2.75) is 39.3 Å². The van der Waals surface area contributed by atoms with Crippen molar-refractivity contribution in [2.75, 3.05) is 25.4 Å². The fraction of sp³-hybridized carbons (Fsp3) is 0.714. The Balaban J connectivity index is 4.14. The highest BCUT2D eigenvalue weighted by Crippen LogP contribution is 2.04. The van der Waals surface area contributed by atoms with Crippen LogP contribution in [0.25, 0.3) is 0 Å². The van der Waals surface area contributed by atoms with Gasteiger partial charge in [0.1, 0.15) is 0 Å². The van der Waals surface area contributed by atoms with Crippen LogP contribution in [0.5, 0.6) is 0 Å². The highest BCUT2D eigenvalue weighted by atomic mass is 32.1. The molecule has 0 saturated heterocycles. The average Bonchev–Trinajstić information content (AvgIpc) is 2.31. The number of thiol groups is 1. The molecule has 0 spiro atoms. The monoisotopic (exact) mass is 271 g/mol. The molecule has 0 aromatic rings. The summed E-state index contributed by atoms with van der Waals surface area (Å²) in [7, 11) is 0. The van der Waals surface area contributed by atoms with E-state index < -0.39 is 0 Å². The van der Waals surface area contributed by atoms with Crippen molar-refractivity contribution in [1.82, 2.24) is 10.2 Å². The summed E-state index contributed by atoms with van der Waals surface area (Å²) in [6.07, 6.45) is 7.44. The van der Waals surface area contributed by atoms with Crippen LogP contribution in [0.2, 0.25) is 0 Å². The highest BCUT2D eigenvalue weighted by Gasteiger charge is 2.10. The van der Waals surface area contributed by atoms with Crippen molar-refractivity contribution >= 4 is 12.6 Å². The Bertz CT molecular complexity index is 237. The quantitative estimate of drug-likeness (QED) is 0.234. The molecule has 0 bridgehead atoms. The third-order valence-corrected chi connectivity index (χ3v) is 3.03. The SMILES string of the molecule is C=CNCCN(CCCCCS)C(N)C=C(C)C. The van der Waals surface area contributed by atoms with Crippen molar-refractivity contribution < 1.29 is 0 Å². The second-order valence-electron chi connectivity index (χ2n) is 4.71. The molecular weight excluding hydrogens is 242 g/mol. The van der Waals surface area contributed by atoms with Gasteiger partial charge in [0.2, 0.25) is 0 Å². The maximum atomic E-state index is 6.20. The maximum Gasteiger partial charge on any atom is 0.0767 e. The molecule has 0 rings (SSSR count). The van der Waals surface area contributed by atoms with E-state index >= 15 is 0 Å². The van der Waals surface area contributed by atoms with Crippen LogP contribution in [0.1, 0.15) is 33.1 Å². The summed E-state index contributed by atoms with van der Waals surface area (Å²) in [6.45, 7) is 10.7. The second kappa shape index (κ2) is 11.6. The zero-order chi connectivity index (χ0) is 13.8. The van der Waals surface area contributed by atoms with E-state index in [-0.39, 0.29) is 6.17 Å². The normalized spacial score (nSPS) is 12.3. The van der Waals surface area contributed by atoms with Crippen LogP contribution in [0.3, 0.4) is 0 Å². The zero-order valence-corrected chi connectivity index (χ0v) is 12.8. The third-order valence-electron chi connectivity index (χ3n) is 2.72. The first kappa shape index (κ1) is 17.6. The number of hydrogen-bond donors (Lipinski definition) is 3. The van der Waals surface area contributed by atoms with Gasteiger partial charge in [0.05, 0.1) is 6.17 Å². The van der Waals surface area contributed by atoms with Crippen LogP contribution in [-0.2, 0) is 0 Å². The number of hydrogen-bond acceptors (Lipinski definition) is 4. The smallest absolute Gasteiger partial charge is 0.0767 e. The van der Waals surface area contributed by atoms with Crippen molar-refractivity contribution in [3.8, 4) is 0 Å². The third kappa shape index (κ3) is 9.57. The summed E-state index contributed by atoms with van der Waals surface area (Å²) in [5.41, 5.74) is 7.46. The largest absolute Gasteiger partial charge is 0.390 e. The Morgan fingerprint density at radius 1 is 1.33 bits per heavy atom. The molecule has 0 aromatic heterocycles. The molecule has 0 aliphatic rings. The summed E-state index contributed by atoms with van der Waals surface area (Å²) >= 11 is 4.23. The average molecular weight is 271 g/mol. The molecule has 0 aliphatic carbocycles. The Morgan fingerprint density at radius 2 is 2.06 bits per heavy atom. The predicted octanol–water partition coefficient (Wildman–Crippen LogP) is 2.37. The molecule has 0 heterocycles. The fourth-order valence-corrected chi connectivity index (χ4v) is 1.99. The first-order valence-electron chi connectivity index (χ1n) is 6.71. The van der Waals surface area contributed by atoms with Gasteiger partial charge in [-0.05, 0) is 45.2 Å². The molecule has 106 valence electrons. The maximum absolute atomic E-state index is 6.20. The molecule has 18 heavy (non-hydrogen) atoms. The van der Waals surface area contributed by atoms with Gasteiger partial charge in [-0.15, -0.1) is 0 Å². The van der Waals surface area contributed by atoms with Gasteiger partial charge in [0, 0.05) is 13.1 Å². The van der Waals surface area contributed by atoms with E-state index in [9.17, 15) is 0 Å². The molecule has 0 saturated carbocycles. The zero-order valence-electron chi connectivity index (χ0n) is 11.9. The van der Waals surface area contributed by atoms with Gasteiger partial charge in [-0.1, -0.05) is 24.6 Å². The van der Waals surface area contributed by atoms with Crippen LogP contribution in [0, 0.1) is 0 Å². The van der Waals surface area contributed by atoms with Gasteiger partial charge < -0.3 is 11.1 Å². The van der Waals surface area contributed by atoms with Gasteiger partial charge in [-0.25, -0.2) is 0 Å².